The molecule has 0 radical (unpaired) electrons. The second kappa shape index (κ2) is 3.85. The number of hydrogen-bond acceptors (Lipinski definition) is 0. The van der Waals surface area contributed by atoms with Crippen molar-refractivity contribution in [2.24, 2.45) is 11.8 Å². The van der Waals surface area contributed by atoms with E-state index in [-0.39, 0.29) is 5.41 Å². The normalized spacial score (nSPS) is 28.9. The van der Waals surface area contributed by atoms with Crippen molar-refractivity contribution in [3.63, 3.8) is 0 Å². The van der Waals surface area contributed by atoms with Gasteiger partial charge in [0.1, 0.15) is 0 Å². The highest BCUT2D eigenvalue weighted by atomic mass is 14.5. The Bertz CT molecular complexity index is 543. The van der Waals surface area contributed by atoms with Gasteiger partial charge in [-0.3, -0.25) is 0 Å². The van der Waals surface area contributed by atoms with Crippen LogP contribution in [0.25, 0.3) is 5.57 Å². The molecule has 2 atom stereocenters. The third-order valence-electron chi connectivity index (χ3n) is 4.51. The van der Waals surface area contributed by atoms with E-state index in [9.17, 15) is 0 Å². The zero-order chi connectivity index (χ0) is 12.9. The summed E-state index contributed by atoms with van der Waals surface area (Å²) >= 11 is 0. The fraction of sp³-hybridized carbons (Fsp3) is 0.444. The average Bonchev–Trinajstić information content (AvgIpc) is 3.13. The molecule has 18 heavy (non-hydrogen) atoms. The van der Waals surface area contributed by atoms with Crippen LogP contribution in [0.5, 0.6) is 0 Å². The van der Waals surface area contributed by atoms with E-state index in [1.165, 1.54) is 23.1 Å². The lowest BCUT2D eigenvalue weighted by Crippen LogP contribution is -2.16. The van der Waals surface area contributed by atoms with Gasteiger partial charge in [-0.05, 0) is 40.5 Å². The molecule has 0 nitrogen and oxygen atoms in total. The Morgan fingerprint density at radius 1 is 1.00 bits per heavy atom. The molecule has 1 aromatic rings. The average molecular weight is 238 g/mol. The van der Waals surface area contributed by atoms with E-state index in [2.05, 4.69) is 50.3 Å². The summed E-state index contributed by atoms with van der Waals surface area (Å²) in [6, 6.07) is 8.91. The molecular formula is C18H22. The van der Waals surface area contributed by atoms with Crippen LogP contribution in [0.2, 0.25) is 0 Å². The van der Waals surface area contributed by atoms with Gasteiger partial charge in [0, 0.05) is 5.41 Å². The standard InChI is InChI=1S/C16H16.C2H6/c1-16(2)14-6-4-3-5-12(14)13-8-10-7-11(10)9-15(13)16;1-2/h3-6,8-11H,7H2,1-2H3;1-2H3. The molecule has 0 aromatic heterocycles. The van der Waals surface area contributed by atoms with Crippen LogP contribution in [0.15, 0.2) is 42.0 Å². The summed E-state index contributed by atoms with van der Waals surface area (Å²) < 4.78 is 0. The van der Waals surface area contributed by atoms with Gasteiger partial charge in [0.2, 0.25) is 0 Å². The van der Waals surface area contributed by atoms with Gasteiger partial charge >= 0.3 is 0 Å². The molecule has 1 saturated carbocycles. The van der Waals surface area contributed by atoms with E-state index in [0.717, 1.165) is 11.8 Å². The molecule has 0 heterocycles. The van der Waals surface area contributed by atoms with Gasteiger partial charge in [-0.1, -0.05) is 64.1 Å². The maximum absolute atomic E-state index is 2.54. The quantitative estimate of drug-likeness (QED) is 0.599. The summed E-state index contributed by atoms with van der Waals surface area (Å²) in [5, 5.41) is 0. The van der Waals surface area contributed by atoms with Gasteiger partial charge in [0.25, 0.3) is 0 Å². The van der Waals surface area contributed by atoms with Crippen molar-refractivity contribution in [1.29, 1.82) is 0 Å². The summed E-state index contributed by atoms with van der Waals surface area (Å²) in [5.74, 6) is 1.70. The van der Waals surface area contributed by atoms with Crippen molar-refractivity contribution in [1.82, 2.24) is 0 Å². The first kappa shape index (κ1) is 11.8. The highest BCUT2D eigenvalue weighted by molar-refractivity contribution is 5.90. The van der Waals surface area contributed by atoms with Gasteiger partial charge in [-0.25, -0.2) is 0 Å². The maximum Gasteiger partial charge on any atom is 0.0155 e. The number of allylic oxidation sites excluding steroid dienone is 4. The smallest absolute Gasteiger partial charge is 0.0155 e. The Kier molecular flexibility index (Phi) is 2.52. The van der Waals surface area contributed by atoms with Crippen molar-refractivity contribution in [2.75, 3.05) is 0 Å². The maximum atomic E-state index is 2.54. The lowest BCUT2D eigenvalue weighted by atomic mass is 9.80. The third-order valence-corrected chi connectivity index (χ3v) is 4.51. The first-order valence-corrected chi connectivity index (χ1v) is 7.22. The molecule has 0 bridgehead atoms. The molecule has 1 aromatic carbocycles. The molecule has 3 aliphatic rings. The SMILES string of the molecule is CC.CC1(C)C2=CC3CC3C=C2c2ccccc21. The van der Waals surface area contributed by atoms with E-state index < -0.39 is 0 Å². The van der Waals surface area contributed by atoms with Gasteiger partial charge in [-0.2, -0.15) is 0 Å². The number of hydrogen-bond donors (Lipinski definition) is 0. The van der Waals surface area contributed by atoms with Crippen molar-refractivity contribution in [3.05, 3.63) is 53.1 Å². The predicted octanol–water partition coefficient (Wildman–Crippen LogP) is 4.96. The van der Waals surface area contributed by atoms with E-state index in [0.29, 0.717) is 0 Å². The highest BCUT2D eigenvalue weighted by Crippen LogP contribution is 2.57. The minimum atomic E-state index is 0.218. The minimum Gasteiger partial charge on any atom is -0.0761 e. The first-order valence-electron chi connectivity index (χ1n) is 7.22. The largest absolute Gasteiger partial charge is 0.0761 e. The molecular weight excluding hydrogens is 216 g/mol. The van der Waals surface area contributed by atoms with Gasteiger partial charge < -0.3 is 0 Å². The molecule has 0 saturated heterocycles. The third kappa shape index (κ3) is 1.44. The first-order chi connectivity index (χ1) is 8.68. The van der Waals surface area contributed by atoms with Crippen LogP contribution in [0.4, 0.5) is 0 Å². The lowest BCUT2D eigenvalue weighted by molar-refractivity contribution is 0.652. The van der Waals surface area contributed by atoms with Crippen molar-refractivity contribution in [2.45, 2.75) is 39.5 Å². The van der Waals surface area contributed by atoms with Crippen LogP contribution in [-0.2, 0) is 5.41 Å². The topological polar surface area (TPSA) is 0 Å². The van der Waals surface area contributed by atoms with E-state index >= 15 is 0 Å². The summed E-state index contributed by atoms with van der Waals surface area (Å²) in [6.07, 6.45) is 6.44. The molecule has 0 N–H and O–H groups in total. The molecule has 4 rings (SSSR count). The van der Waals surface area contributed by atoms with E-state index in [4.69, 9.17) is 0 Å². The number of benzene rings is 1. The molecule has 0 spiro atoms. The van der Waals surface area contributed by atoms with E-state index in [1.807, 2.05) is 13.8 Å². The Labute approximate surface area is 110 Å². The second-order valence-corrected chi connectivity index (χ2v) is 5.89. The minimum absolute atomic E-state index is 0.218. The van der Waals surface area contributed by atoms with Gasteiger partial charge in [-0.15, -0.1) is 0 Å². The Balaban J connectivity index is 0.000000478. The zero-order valence-electron chi connectivity index (χ0n) is 11.8. The predicted molar refractivity (Wildman–Crippen MR) is 78.5 cm³/mol. The van der Waals surface area contributed by atoms with Crippen LogP contribution in [0, 0.1) is 11.8 Å². The molecule has 0 amide bonds. The molecule has 0 aliphatic heterocycles. The Morgan fingerprint density at radius 3 is 2.44 bits per heavy atom. The molecule has 94 valence electrons. The summed E-state index contributed by atoms with van der Waals surface area (Å²) in [4.78, 5) is 0. The fourth-order valence-electron chi connectivity index (χ4n) is 3.41. The van der Waals surface area contributed by atoms with Crippen LogP contribution >= 0.6 is 0 Å². The lowest BCUT2D eigenvalue weighted by Gasteiger charge is -2.23. The van der Waals surface area contributed by atoms with Gasteiger partial charge in [0.05, 0.1) is 0 Å². The van der Waals surface area contributed by atoms with Crippen LogP contribution in [-0.4, -0.2) is 0 Å². The van der Waals surface area contributed by atoms with E-state index in [1.54, 1.807) is 5.57 Å². The summed E-state index contributed by atoms with van der Waals surface area (Å²) in [6.45, 7) is 8.72. The van der Waals surface area contributed by atoms with Crippen molar-refractivity contribution < 1.29 is 0 Å². The molecule has 0 heteroatoms. The van der Waals surface area contributed by atoms with Crippen molar-refractivity contribution >= 4 is 5.57 Å². The molecule has 1 fully saturated rings. The zero-order valence-corrected chi connectivity index (χ0v) is 11.8. The van der Waals surface area contributed by atoms with Gasteiger partial charge in [0.15, 0.2) is 0 Å². The highest BCUT2D eigenvalue weighted by Gasteiger charge is 2.45. The summed E-state index contributed by atoms with van der Waals surface area (Å²) in [7, 11) is 0. The molecule has 2 unspecified atom stereocenters. The number of fused-ring (bicyclic) bond motifs is 4. The van der Waals surface area contributed by atoms with Crippen LogP contribution < -0.4 is 0 Å². The van der Waals surface area contributed by atoms with Crippen LogP contribution in [0.3, 0.4) is 0 Å². The van der Waals surface area contributed by atoms with Crippen molar-refractivity contribution in [3.8, 4) is 0 Å². The Morgan fingerprint density at radius 2 is 1.67 bits per heavy atom. The Hall–Kier alpha value is -1.30. The second-order valence-electron chi connectivity index (χ2n) is 5.89. The summed E-state index contributed by atoms with van der Waals surface area (Å²) in [5.41, 5.74) is 6.31. The monoisotopic (exact) mass is 238 g/mol. The molecule has 3 aliphatic carbocycles. The number of rotatable bonds is 0. The fourth-order valence-corrected chi connectivity index (χ4v) is 3.41. The van der Waals surface area contributed by atoms with Crippen LogP contribution in [0.1, 0.15) is 45.2 Å².